The molecular weight excluding hydrogens is 391 g/mol. The molecule has 0 radical (unpaired) electrons. The number of hydrogen-bond donors (Lipinski definition) is 3. The van der Waals surface area contributed by atoms with Crippen LogP contribution in [0.2, 0.25) is 0 Å². The number of hydrogen-bond acceptors (Lipinski definition) is 4. The molecule has 1 aromatic heterocycles. The van der Waals surface area contributed by atoms with Crippen molar-refractivity contribution in [2.45, 2.75) is 6.61 Å². The fourth-order valence-electron chi connectivity index (χ4n) is 2.71. The van der Waals surface area contributed by atoms with E-state index in [0.717, 1.165) is 0 Å². The van der Waals surface area contributed by atoms with Crippen molar-refractivity contribution in [3.05, 3.63) is 90.0 Å². The highest BCUT2D eigenvalue weighted by Gasteiger charge is 2.24. The van der Waals surface area contributed by atoms with E-state index in [4.69, 9.17) is 17.0 Å². The lowest BCUT2D eigenvalue weighted by atomic mass is 10.1. The predicted octanol–water partition coefficient (Wildman–Crippen LogP) is 3.94. The van der Waals surface area contributed by atoms with Crippen LogP contribution in [-0.2, 0) is 6.61 Å². The summed E-state index contributed by atoms with van der Waals surface area (Å²) in [7, 11) is 1.58. The number of aromatic nitrogens is 1. The zero-order valence-corrected chi connectivity index (χ0v) is 16.5. The highest BCUT2D eigenvalue weighted by atomic mass is 32.1. The molecule has 0 saturated carbocycles. The number of methoxy groups -OCH3 is 1. The quantitative estimate of drug-likeness (QED) is 0.248. The highest BCUT2D eigenvalue weighted by Crippen LogP contribution is 2.21. The number of anilines is 1. The van der Waals surface area contributed by atoms with Gasteiger partial charge in [-0.1, -0.05) is 12.2 Å². The van der Waals surface area contributed by atoms with Gasteiger partial charge < -0.3 is 20.3 Å². The van der Waals surface area contributed by atoms with E-state index in [1.807, 2.05) is 0 Å². The average Bonchev–Trinajstić information content (AvgIpc) is 2.75. The molecule has 7 heteroatoms. The van der Waals surface area contributed by atoms with Gasteiger partial charge in [0.05, 0.1) is 13.7 Å². The minimum atomic E-state index is -0.406. The Morgan fingerprint density at radius 2 is 1.79 bits per heavy atom. The number of thiocarbonyl (C=S) groups is 1. The van der Waals surface area contributed by atoms with Crippen LogP contribution in [0.3, 0.4) is 0 Å². The minimum Gasteiger partial charge on any atom is -0.502 e. The Morgan fingerprint density at radius 1 is 1.10 bits per heavy atom. The van der Waals surface area contributed by atoms with Crippen molar-refractivity contribution in [3.8, 4) is 5.75 Å². The zero-order valence-electron chi connectivity index (χ0n) is 15.7. The second-order valence-corrected chi connectivity index (χ2v) is 6.57. The Kier molecular flexibility index (Phi) is 6.54. The van der Waals surface area contributed by atoms with Crippen molar-refractivity contribution in [1.82, 2.24) is 0 Å². The van der Waals surface area contributed by atoms with Gasteiger partial charge in [0.2, 0.25) is 0 Å². The molecule has 0 aliphatic carbocycles. The molecule has 3 rings (SSSR count). The number of ether oxygens (including phenoxy) is 1. The summed E-state index contributed by atoms with van der Waals surface area (Å²) in [6.07, 6.45) is 3.37. The molecule has 0 aliphatic rings. The molecule has 1 heterocycles. The lowest BCUT2D eigenvalue weighted by Crippen LogP contribution is -2.39. The van der Waals surface area contributed by atoms with Crippen LogP contribution >= 0.6 is 12.2 Å². The van der Waals surface area contributed by atoms with Crippen LogP contribution in [0.1, 0.15) is 11.1 Å². The summed E-state index contributed by atoms with van der Waals surface area (Å²) in [5.74, 6) is 0.171. The molecule has 0 bridgehead atoms. The van der Waals surface area contributed by atoms with Crippen LogP contribution in [0.5, 0.6) is 5.75 Å². The molecule has 0 saturated heterocycles. The fourth-order valence-corrected chi connectivity index (χ4v) is 3.03. The number of halogens is 1. The summed E-state index contributed by atoms with van der Waals surface area (Å²) >= 11 is 5.56. The zero-order chi connectivity index (χ0) is 20.8. The molecule has 5 nitrogen and oxygen atoms in total. The van der Waals surface area contributed by atoms with Gasteiger partial charge in [-0.15, -0.1) is 0 Å². The maximum atomic E-state index is 13.3. The molecule has 0 fully saturated rings. The van der Waals surface area contributed by atoms with Gasteiger partial charge in [0, 0.05) is 22.9 Å². The van der Waals surface area contributed by atoms with Crippen LogP contribution in [0.15, 0.2) is 73.1 Å². The van der Waals surface area contributed by atoms with Crippen molar-refractivity contribution in [1.29, 1.82) is 0 Å². The Balaban J connectivity index is 2.04. The van der Waals surface area contributed by atoms with Gasteiger partial charge in [0.15, 0.2) is 23.1 Å². The fraction of sp³-hybridized carbons (Fsp3) is 0.0909. The van der Waals surface area contributed by atoms with Gasteiger partial charge in [-0.25, -0.2) is 4.39 Å². The van der Waals surface area contributed by atoms with Crippen molar-refractivity contribution < 1.29 is 23.9 Å². The van der Waals surface area contributed by atoms with Gasteiger partial charge in [0.25, 0.3) is 5.70 Å². The SMILES string of the molecule is COc1ccc(NC(=S)/C(=C(/O)c2ccc(F)cc2)[n+]2cccc(CO)c2)cc1. The summed E-state index contributed by atoms with van der Waals surface area (Å²) in [5, 5.41) is 23.5. The Morgan fingerprint density at radius 3 is 2.41 bits per heavy atom. The number of aliphatic hydroxyl groups is 2. The van der Waals surface area contributed by atoms with Crippen LogP contribution in [-0.4, -0.2) is 22.3 Å². The van der Waals surface area contributed by atoms with Crippen molar-refractivity contribution in [3.63, 3.8) is 0 Å². The molecule has 3 aromatic rings. The first-order valence-corrected chi connectivity index (χ1v) is 9.18. The van der Waals surface area contributed by atoms with E-state index >= 15 is 0 Å². The molecule has 0 amide bonds. The van der Waals surface area contributed by atoms with Gasteiger partial charge in [-0.05, 0) is 54.6 Å². The molecule has 0 unspecified atom stereocenters. The second-order valence-electron chi connectivity index (χ2n) is 6.16. The molecule has 148 valence electrons. The van der Waals surface area contributed by atoms with Crippen LogP contribution in [0.25, 0.3) is 11.5 Å². The van der Waals surface area contributed by atoms with E-state index < -0.39 is 5.82 Å². The first kappa shape index (κ1) is 20.4. The molecule has 0 atom stereocenters. The first-order valence-electron chi connectivity index (χ1n) is 8.78. The topological polar surface area (TPSA) is 65.6 Å². The highest BCUT2D eigenvalue weighted by molar-refractivity contribution is 7.81. The molecule has 29 heavy (non-hydrogen) atoms. The van der Waals surface area contributed by atoms with Crippen molar-refractivity contribution >= 4 is 34.3 Å². The molecule has 3 N–H and O–H groups in total. The summed E-state index contributed by atoms with van der Waals surface area (Å²) in [6.45, 7) is -0.163. The number of aliphatic hydroxyl groups excluding tert-OH is 2. The maximum Gasteiger partial charge on any atom is 0.288 e. The lowest BCUT2D eigenvalue weighted by Gasteiger charge is -2.11. The van der Waals surface area contributed by atoms with Gasteiger partial charge in [-0.2, -0.15) is 4.57 Å². The molecule has 0 aliphatic heterocycles. The lowest BCUT2D eigenvalue weighted by molar-refractivity contribution is -0.576. The standard InChI is InChI=1S/C22H19FN2O3S/c1-28-19-10-8-18(9-11-19)24-22(29)20(25-12-2-3-15(13-25)14-26)21(27)16-4-6-17(23)7-5-16/h2-13,26H,14H2,1H3,(H-,24,27,29)/p+1. The Labute approximate surface area is 173 Å². The van der Waals surface area contributed by atoms with E-state index in [1.165, 1.54) is 24.3 Å². The van der Waals surface area contributed by atoms with Gasteiger partial charge in [0.1, 0.15) is 11.6 Å². The second kappa shape index (κ2) is 9.27. The Hall–Kier alpha value is -3.29. The normalized spacial score (nSPS) is 11.6. The largest absolute Gasteiger partial charge is 0.502 e. The van der Waals surface area contributed by atoms with E-state index in [9.17, 15) is 14.6 Å². The summed E-state index contributed by atoms with van der Waals surface area (Å²) < 4.78 is 20.1. The number of nitrogens with zero attached hydrogens (tertiary/aromatic N) is 1. The van der Waals surface area contributed by atoms with Crippen LogP contribution < -0.4 is 14.6 Å². The number of nitrogens with one attached hydrogen (secondary N) is 1. The first-order chi connectivity index (χ1) is 14.0. The number of rotatable bonds is 6. The van der Waals surface area contributed by atoms with Crippen molar-refractivity contribution in [2.75, 3.05) is 12.4 Å². The maximum absolute atomic E-state index is 13.3. The van der Waals surface area contributed by atoms with E-state index in [0.29, 0.717) is 22.6 Å². The minimum absolute atomic E-state index is 0.129. The third-order valence-electron chi connectivity index (χ3n) is 4.21. The number of pyridine rings is 1. The van der Waals surface area contributed by atoms with E-state index in [1.54, 1.807) is 60.5 Å². The van der Waals surface area contributed by atoms with Crippen LogP contribution in [0, 0.1) is 5.82 Å². The summed E-state index contributed by atoms with van der Waals surface area (Å²) in [6, 6.07) is 16.1. The summed E-state index contributed by atoms with van der Waals surface area (Å²) in [5.41, 5.74) is 2.04. The smallest absolute Gasteiger partial charge is 0.288 e. The molecule has 2 aromatic carbocycles. The van der Waals surface area contributed by atoms with Gasteiger partial charge in [-0.3, -0.25) is 0 Å². The Bertz CT molecular complexity index is 1030. The van der Waals surface area contributed by atoms with Crippen LogP contribution in [0.4, 0.5) is 10.1 Å². The average molecular weight is 411 g/mol. The molecule has 0 spiro atoms. The van der Waals surface area contributed by atoms with Crippen molar-refractivity contribution in [2.24, 2.45) is 0 Å². The van der Waals surface area contributed by atoms with Gasteiger partial charge >= 0.3 is 0 Å². The third-order valence-corrected chi connectivity index (χ3v) is 4.50. The van der Waals surface area contributed by atoms with E-state index in [2.05, 4.69) is 5.32 Å². The monoisotopic (exact) mass is 411 g/mol. The molecular formula is C22H20FN2O3S+. The summed E-state index contributed by atoms with van der Waals surface area (Å²) in [4.78, 5) is 0.247. The number of benzene rings is 2. The predicted molar refractivity (Wildman–Crippen MR) is 114 cm³/mol. The van der Waals surface area contributed by atoms with E-state index in [-0.39, 0.29) is 23.1 Å². The third kappa shape index (κ3) is 4.96.